The minimum Gasteiger partial charge on any atom is -0.240 e. The van der Waals surface area contributed by atoms with E-state index in [-0.39, 0.29) is 0 Å². The van der Waals surface area contributed by atoms with Crippen molar-refractivity contribution in [2.24, 2.45) is 0 Å². The van der Waals surface area contributed by atoms with Gasteiger partial charge in [-0.25, -0.2) is 9.97 Å². The van der Waals surface area contributed by atoms with Gasteiger partial charge in [-0.2, -0.15) is 0 Å². The Morgan fingerprint density at radius 3 is 1.33 bits per heavy atom. The molecule has 0 bridgehead atoms. The molecule has 2 nitrogen and oxygen atoms in total. The smallest absolute Gasteiger partial charge is 0.133 e. The Morgan fingerprint density at radius 2 is 0.889 bits per heavy atom. The Kier molecular flexibility index (Phi) is 11.7. The summed E-state index contributed by atoms with van der Waals surface area (Å²) < 4.78 is 0. The van der Waals surface area contributed by atoms with Gasteiger partial charge in [-0.3, -0.25) is 0 Å². The zero-order valence-corrected chi connectivity index (χ0v) is 25.2. The van der Waals surface area contributed by atoms with E-state index in [1.165, 1.54) is 118 Å². The van der Waals surface area contributed by atoms with Crippen LogP contribution in [-0.4, -0.2) is 9.97 Å². The van der Waals surface area contributed by atoms with E-state index in [9.17, 15) is 0 Å². The van der Waals surface area contributed by atoms with Crippen LogP contribution in [0.25, 0.3) is 29.5 Å². The monoisotopic (exact) mass is 556 g/mol. The summed E-state index contributed by atoms with van der Waals surface area (Å²) in [5.74, 6) is 0. The SMILES string of the molecule is CCCCCCCCc1csc(-c2ccc(-c3ccc(-c4nc(CCCCCCCC)cs4)s3)s2)n1. The Balaban J connectivity index is 1.28. The highest BCUT2D eigenvalue weighted by Gasteiger charge is 2.13. The summed E-state index contributed by atoms with van der Waals surface area (Å²) in [4.78, 5) is 15.1. The van der Waals surface area contributed by atoms with Crippen molar-refractivity contribution in [2.75, 3.05) is 0 Å². The number of rotatable bonds is 17. The Hall–Kier alpha value is -1.34. The molecule has 4 aromatic rings. The summed E-state index contributed by atoms with van der Waals surface area (Å²) in [5, 5.41) is 6.86. The summed E-state index contributed by atoms with van der Waals surface area (Å²) in [5.41, 5.74) is 2.53. The highest BCUT2D eigenvalue weighted by molar-refractivity contribution is 7.28. The van der Waals surface area contributed by atoms with Gasteiger partial charge in [-0.1, -0.05) is 78.1 Å². The van der Waals surface area contributed by atoms with E-state index in [2.05, 4.69) is 48.9 Å². The molecule has 0 aliphatic rings. The van der Waals surface area contributed by atoms with Gasteiger partial charge in [0.1, 0.15) is 10.0 Å². The molecule has 0 fully saturated rings. The summed E-state index contributed by atoms with van der Waals surface area (Å²) in [6, 6.07) is 9.01. The van der Waals surface area contributed by atoms with E-state index in [0.29, 0.717) is 0 Å². The van der Waals surface area contributed by atoms with Gasteiger partial charge in [0.15, 0.2) is 0 Å². The highest BCUT2D eigenvalue weighted by atomic mass is 32.1. The van der Waals surface area contributed by atoms with Gasteiger partial charge in [0.05, 0.1) is 21.1 Å². The molecular formula is C30H40N2S4. The zero-order chi connectivity index (χ0) is 25.0. The van der Waals surface area contributed by atoms with Crippen LogP contribution in [-0.2, 0) is 12.8 Å². The molecule has 0 amide bonds. The predicted molar refractivity (Wildman–Crippen MR) is 164 cm³/mol. The van der Waals surface area contributed by atoms with Gasteiger partial charge in [0.25, 0.3) is 0 Å². The summed E-state index contributed by atoms with van der Waals surface area (Å²) in [6.07, 6.45) is 18.3. The van der Waals surface area contributed by atoms with Crippen LogP contribution in [0, 0.1) is 0 Å². The van der Waals surface area contributed by atoms with Crippen LogP contribution in [0.4, 0.5) is 0 Å². The minimum absolute atomic E-state index is 1.11. The van der Waals surface area contributed by atoms with Crippen LogP contribution in [0.1, 0.15) is 102 Å². The second-order valence-corrected chi connectivity index (χ2v) is 13.5. The first-order valence-corrected chi connectivity index (χ1v) is 17.3. The third-order valence-corrected chi connectivity index (χ3v) is 11.0. The number of hydrogen-bond acceptors (Lipinski definition) is 6. The molecule has 4 aromatic heterocycles. The number of aromatic nitrogens is 2. The van der Waals surface area contributed by atoms with Crippen molar-refractivity contribution in [1.82, 2.24) is 9.97 Å². The summed E-state index contributed by atoms with van der Waals surface area (Å²) in [7, 11) is 0. The summed E-state index contributed by atoms with van der Waals surface area (Å²) in [6.45, 7) is 4.55. The molecule has 36 heavy (non-hydrogen) atoms. The maximum Gasteiger partial charge on any atom is 0.133 e. The van der Waals surface area contributed by atoms with Crippen molar-refractivity contribution in [3.8, 4) is 29.5 Å². The molecule has 6 heteroatoms. The molecule has 0 saturated heterocycles. The van der Waals surface area contributed by atoms with Gasteiger partial charge < -0.3 is 0 Å². The third kappa shape index (κ3) is 8.34. The second-order valence-electron chi connectivity index (χ2n) is 9.65. The van der Waals surface area contributed by atoms with Crippen molar-refractivity contribution in [3.05, 3.63) is 46.4 Å². The van der Waals surface area contributed by atoms with Crippen molar-refractivity contribution >= 4 is 45.3 Å². The van der Waals surface area contributed by atoms with E-state index in [1.807, 2.05) is 22.7 Å². The van der Waals surface area contributed by atoms with E-state index < -0.39 is 0 Å². The molecule has 0 unspecified atom stereocenters. The number of unbranched alkanes of at least 4 members (excludes halogenated alkanes) is 10. The van der Waals surface area contributed by atoms with Crippen LogP contribution >= 0.6 is 45.3 Å². The first-order chi connectivity index (χ1) is 17.8. The van der Waals surface area contributed by atoms with Gasteiger partial charge >= 0.3 is 0 Å². The molecule has 0 radical (unpaired) electrons. The van der Waals surface area contributed by atoms with Crippen molar-refractivity contribution in [2.45, 2.75) is 104 Å². The van der Waals surface area contributed by atoms with Crippen LogP contribution in [0.15, 0.2) is 35.0 Å². The van der Waals surface area contributed by atoms with E-state index >= 15 is 0 Å². The maximum atomic E-state index is 4.95. The molecule has 0 spiro atoms. The molecule has 0 aliphatic carbocycles. The van der Waals surface area contributed by atoms with Gasteiger partial charge in [0.2, 0.25) is 0 Å². The predicted octanol–water partition coefficient (Wildman–Crippen LogP) is 11.5. The molecule has 4 rings (SSSR count). The fourth-order valence-electron chi connectivity index (χ4n) is 4.41. The Labute approximate surface area is 233 Å². The lowest BCUT2D eigenvalue weighted by Gasteiger charge is -1.98. The van der Waals surface area contributed by atoms with Crippen molar-refractivity contribution in [3.63, 3.8) is 0 Å². The van der Waals surface area contributed by atoms with Crippen LogP contribution in [0.3, 0.4) is 0 Å². The fraction of sp³-hybridized carbons (Fsp3) is 0.533. The van der Waals surface area contributed by atoms with Crippen molar-refractivity contribution < 1.29 is 0 Å². The lowest BCUT2D eigenvalue weighted by molar-refractivity contribution is 0.605. The van der Waals surface area contributed by atoms with Crippen LogP contribution in [0.5, 0.6) is 0 Å². The molecule has 0 atom stereocenters. The molecule has 194 valence electrons. The van der Waals surface area contributed by atoms with Crippen LogP contribution < -0.4 is 0 Å². The number of hydrogen-bond donors (Lipinski definition) is 0. The van der Waals surface area contributed by atoms with E-state index in [1.54, 1.807) is 22.7 Å². The Bertz CT molecular complexity index is 1060. The topological polar surface area (TPSA) is 25.8 Å². The number of aryl methyl sites for hydroxylation is 2. The average molecular weight is 557 g/mol. The molecule has 4 heterocycles. The number of thiazole rings is 2. The first kappa shape index (κ1) is 27.7. The van der Waals surface area contributed by atoms with Crippen molar-refractivity contribution in [1.29, 1.82) is 0 Å². The van der Waals surface area contributed by atoms with Gasteiger partial charge in [0, 0.05) is 20.5 Å². The highest BCUT2D eigenvalue weighted by Crippen LogP contribution is 2.41. The number of nitrogens with zero attached hydrogens (tertiary/aromatic N) is 2. The number of thiophene rings is 2. The molecule has 0 saturated carbocycles. The second kappa shape index (κ2) is 15.2. The maximum absolute atomic E-state index is 4.95. The van der Waals surface area contributed by atoms with E-state index in [0.717, 1.165) is 12.8 Å². The largest absolute Gasteiger partial charge is 0.240 e. The minimum atomic E-state index is 1.11. The van der Waals surface area contributed by atoms with Gasteiger partial charge in [-0.15, -0.1) is 45.3 Å². The van der Waals surface area contributed by atoms with E-state index in [4.69, 9.17) is 9.97 Å². The van der Waals surface area contributed by atoms with Crippen LogP contribution in [0.2, 0.25) is 0 Å². The molecule has 0 aromatic carbocycles. The molecular weight excluding hydrogens is 517 g/mol. The Morgan fingerprint density at radius 1 is 0.500 bits per heavy atom. The molecule has 0 aliphatic heterocycles. The average Bonchev–Trinajstić information content (AvgIpc) is 3.69. The summed E-state index contributed by atoms with van der Waals surface area (Å²) >= 11 is 7.32. The third-order valence-electron chi connectivity index (χ3n) is 6.55. The lowest BCUT2D eigenvalue weighted by Crippen LogP contribution is -1.86. The van der Waals surface area contributed by atoms with Gasteiger partial charge in [-0.05, 0) is 49.9 Å². The molecule has 0 N–H and O–H groups in total. The zero-order valence-electron chi connectivity index (χ0n) is 21.9. The quantitative estimate of drug-likeness (QED) is 0.121. The normalized spacial score (nSPS) is 11.5. The standard InChI is InChI=1S/C30H40N2S4/c1-3-5-7-9-11-13-15-23-21-33-29(31-23)27-19-17-25(35-27)26-18-20-28(36-26)30-32-24(22-34-30)16-14-12-10-8-6-4-2/h17-22H,3-16H2,1-2H3. The lowest BCUT2D eigenvalue weighted by atomic mass is 10.1. The fourth-order valence-corrected chi connectivity index (χ4v) is 8.37. The first-order valence-electron chi connectivity index (χ1n) is 13.9.